The van der Waals surface area contributed by atoms with Crippen LogP contribution in [-0.2, 0) is 0 Å². The predicted molar refractivity (Wildman–Crippen MR) is 59.4 cm³/mol. The Bertz CT molecular complexity index is 411. The Morgan fingerprint density at radius 3 is 2.19 bits per heavy atom. The van der Waals surface area contributed by atoms with E-state index in [1.165, 1.54) is 6.92 Å². The molecule has 1 aromatic carbocycles. The predicted octanol–water partition coefficient (Wildman–Crippen LogP) is 3.75. The Morgan fingerprint density at radius 2 is 1.69 bits per heavy atom. The summed E-state index contributed by atoms with van der Waals surface area (Å²) in [7, 11) is 0. The van der Waals surface area contributed by atoms with Gasteiger partial charge < -0.3 is 0 Å². The monoisotopic (exact) mass is 226 g/mol. The van der Waals surface area contributed by atoms with Crippen molar-refractivity contribution in [2.45, 2.75) is 27.7 Å². The van der Waals surface area contributed by atoms with Crippen LogP contribution in [0.4, 0.5) is 8.78 Å². The Kier molecular flexibility index (Phi) is 3.79. The molecule has 16 heavy (non-hydrogen) atoms. The summed E-state index contributed by atoms with van der Waals surface area (Å²) in [5, 5.41) is 0. The molecule has 0 saturated heterocycles. The summed E-state index contributed by atoms with van der Waals surface area (Å²) in [5.41, 5.74) is 0.0653. The molecule has 88 valence electrons. The van der Waals surface area contributed by atoms with E-state index >= 15 is 0 Å². The van der Waals surface area contributed by atoms with E-state index in [9.17, 15) is 13.6 Å². The first-order valence-corrected chi connectivity index (χ1v) is 5.34. The van der Waals surface area contributed by atoms with Crippen molar-refractivity contribution >= 4 is 5.78 Å². The zero-order valence-corrected chi connectivity index (χ0v) is 9.97. The van der Waals surface area contributed by atoms with Crippen LogP contribution in [0.5, 0.6) is 0 Å². The molecule has 0 N–H and O–H groups in total. The van der Waals surface area contributed by atoms with Gasteiger partial charge in [-0.2, -0.15) is 0 Å². The number of hydrogen-bond donors (Lipinski definition) is 0. The second-order valence-electron chi connectivity index (χ2n) is 4.48. The van der Waals surface area contributed by atoms with Gasteiger partial charge in [0, 0.05) is 5.92 Å². The quantitative estimate of drug-likeness (QED) is 0.717. The van der Waals surface area contributed by atoms with Crippen LogP contribution in [0.2, 0.25) is 0 Å². The van der Waals surface area contributed by atoms with Crippen LogP contribution in [0.15, 0.2) is 12.1 Å². The van der Waals surface area contributed by atoms with Crippen LogP contribution in [0.3, 0.4) is 0 Å². The maximum Gasteiger partial charge on any atom is 0.168 e. The third kappa shape index (κ3) is 2.46. The Balaban J connectivity index is 3.14. The van der Waals surface area contributed by atoms with Gasteiger partial charge in [-0.05, 0) is 30.5 Å². The molecule has 0 amide bonds. The molecule has 1 nitrogen and oxygen atoms in total. The molecule has 3 heteroatoms. The van der Waals surface area contributed by atoms with E-state index in [4.69, 9.17) is 0 Å². The van der Waals surface area contributed by atoms with E-state index in [2.05, 4.69) is 0 Å². The molecule has 0 fully saturated rings. The molecule has 0 aliphatic heterocycles. The minimum Gasteiger partial charge on any atom is -0.294 e. The molecule has 0 heterocycles. The Hall–Kier alpha value is -1.25. The van der Waals surface area contributed by atoms with Gasteiger partial charge in [0.05, 0.1) is 5.56 Å². The summed E-state index contributed by atoms with van der Waals surface area (Å²) in [6.45, 7) is 6.96. The van der Waals surface area contributed by atoms with E-state index in [0.717, 1.165) is 12.1 Å². The van der Waals surface area contributed by atoms with E-state index in [-0.39, 0.29) is 28.7 Å². The highest BCUT2D eigenvalue weighted by atomic mass is 19.1. The molecule has 0 saturated carbocycles. The van der Waals surface area contributed by atoms with Crippen LogP contribution in [0.25, 0.3) is 0 Å². The van der Waals surface area contributed by atoms with Crippen molar-refractivity contribution in [1.29, 1.82) is 0 Å². The lowest BCUT2D eigenvalue weighted by Crippen LogP contribution is -2.18. The summed E-state index contributed by atoms with van der Waals surface area (Å²) < 4.78 is 26.8. The van der Waals surface area contributed by atoms with Crippen molar-refractivity contribution in [2.24, 2.45) is 11.8 Å². The SMILES string of the molecule is Cc1cc(F)c(C(=O)C(C)C(C)C)cc1F. The van der Waals surface area contributed by atoms with Crippen molar-refractivity contribution in [3.05, 3.63) is 34.9 Å². The molecular formula is C13H16F2O. The van der Waals surface area contributed by atoms with Crippen LogP contribution in [0.1, 0.15) is 36.7 Å². The fraction of sp³-hybridized carbons (Fsp3) is 0.462. The molecule has 1 atom stereocenters. The molecule has 1 aromatic rings. The molecule has 0 spiro atoms. The van der Waals surface area contributed by atoms with E-state index in [0.29, 0.717) is 0 Å². The normalized spacial score (nSPS) is 12.9. The summed E-state index contributed by atoms with van der Waals surface area (Å²) in [5.74, 6) is -1.73. The van der Waals surface area contributed by atoms with Gasteiger partial charge >= 0.3 is 0 Å². The smallest absolute Gasteiger partial charge is 0.168 e. The highest BCUT2D eigenvalue weighted by Gasteiger charge is 2.22. The van der Waals surface area contributed by atoms with E-state index < -0.39 is 11.6 Å². The van der Waals surface area contributed by atoms with Gasteiger partial charge in [-0.1, -0.05) is 20.8 Å². The number of rotatable bonds is 3. The van der Waals surface area contributed by atoms with Gasteiger partial charge in [-0.3, -0.25) is 4.79 Å². The largest absolute Gasteiger partial charge is 0.294 e. The van der Waals surface area contributed by atoms with Crippen molar-refractivity contribution in [2.75, 3.05) is 0 Å². The molecule has 0 aromatic heterocycles. The summed E-state index contributed by atoms with van der Waals surface area (Å²) >= 11 is 0. The second kappa shape index (κ2) is 4.73. The second-order valence-corrected chi connectivity index (χ2v) is 4.48. The van der Waals surface area contributed by atoms with E-state index in [1.54, 1.807) is 6.92 Å². The number of aryl methyl sites for hydroxylation is 1. The lowest BCUT2D eigenvalue weighted by Gasteiger charge is -2.15. The fourth-order valence-electron chi connectivity index (χ4n) is 1.38. The minimum absolute atomic E-state index is 0.108. The van der Waals surface area contributed by atoms with Crippen LogP contribution < -0.4 is 0 Å². The standard InChI is InChI=1S/C13H16F2O/c1-7(2)9(4)13(16)10-6-11(14)8(3)5-12(10)15/h5-7,9H,1-4H3. The van der Waals surface area contributed by atoms with Gasteiger partial charge in [0.1, 0.15) is 11.6 Å². The first-order valence-electron chi connectivity index (χ1n) is 5.34. The molecule has 0 radical (unpaired) electrons. The van der Waals surface area contributed by atoms with Crippen molar-refractivity contribution in [1.82, 2.24) is 0 Å². The molecule has 1 rings (SSSR count). The lowest BCUT2D eigenvalue weighted by molar-refractivity contribution is 0.0895. The molecule has 0 bridgehead atoms. The fourth-order valence-corrected chi connectivity index (χ4v) is 1.38. The van der Waals surface area contributed by atoms with E-state index in [1.807, 2.05) is 13.8 Å². The minimum atomic E-state index is -0.642. The van der Waals surface area contributed by atoms with Gasteiger partial charge in [-0.25, -0.2) is 8.78 Å². The van der Waals surface area contributed by atoms with Crippen LogP contribution in [0, 0.1) is 30.4 Å². The lowest BCUT2D eigenvalue weighted by atomic mass is 9.89. The topological polar surface area (TPSA) is 17.1 Å². The Labute approximate surface area is 94.5 Å². The van der Waals surface area contributed by atoms with Crippen molar-refractivity contribution in [3.63, 3.8) is 0 Å². The zero-order valence-electron chi connectivity index (χ0n) is 9.97. The third-order valence-corrected chi connectivity index (χ3v) is 2.93. The van der Waals surface area contributed by atoms with Gasteiger partial charge in [0.25, 0.3) is 0 Å². The number of benzene rings is 1. The first kappa shape index (κ1) is 12.8. The highest BCUT2D eigenvalue weighted by Crippen LogP contribution is 2.21. The van der Waals surface area contributed by atoms with Crippen molar-refractivity contribution in [3.8, 4) is 0 Å². The maximum atomic E-state index is 13.5. The van der Waals surface area contributed by atoms with Crippen molar-refractivity contribution < 1.29 is 13.6 Å². The summed E-state index contributed by atoms with van der Waals surface area (Å²) in [6.07, 6.45) is 0. The number of carbonyl (C=O) groups excluding carboxylic acids is 1. The Morgan fingerprint density at radius 1 is 1.12 bits per heavy atom. The van der Waals surface area contributed by atoms with Crippen LogP contribution >= 0.6 is 0 Å². The highest BCUT2D eigenvalue weighted by molar-refractivity contribution is 5.98. The molecule has 0 aliphatic carbocycles. The number of halogens is 2. The average molecular weight is 226 g/mol. The van der Waals surface area contributed by atoms with Gasteiger partial charge in [-0.15, -0.1) is 0 Å². The maximum absolute atomic E-state index is 13.5. The molecule has 1 unspecified atom stereocenters. The summed E-state index contributed by atoms with van der Waals surface area (Å²) in [4.78, 5) is 11.9. The number of Topliss-reactive ketones (excluding diaryl/α,β-unsaturated/α-hetero) is 1. The number of hydrogen-bond acceptors (Lipinski definition) is 1. The zero-order chi connectivity index (χ0) is 12.5. The summed E-state index contributed by atoms with van der Waals surface area (Å²) in [6, 6.07) is 2.06. The third-order valence-electron chi connectivity index (χ3n) is 2.93. The molecule has 0 aliphatic rings. The first-order chi connectivity index (χ1) is 7.34. The van der Waals surface area contributed by atoms with Gasteiger partial charge in [0.2, 0.25) is 0 Å². The van der Waals surface area contributed by atoms with Gasteiger partial charge in [0.15, 0.2) is 5.78 Å². The number of carbonyl (C=O) groups is 1. The number of ketones is 1. The molecular weight excluding hydrogens is 210 g/mol. The average Bonchev–Trinajstić information content (AvgIpc) is 2.21. The van der Waals surface area contributed by atoms with Crippen LogP contribution in [-0.4, -0.2) is 5.78 Å².